The van der Waals surface area contributed by atoms with Gasteiger partial charge in [0, 0.05) is 29.9 Å². The van der Waals surface area contributed by atoms with E-state index in [1.165, 1.54) is 0 Å². The monoisotopic (exact) mass is 389 g/mol. The van der Waals surface area contributed by atoms with Crippen molar-refractivity contribution in [3.05, 3.63) is 58.1 Å². The third-order valence-electron chi connectivity index (χ3n) is 3.32. The quantitative estimate of drug-likeness (QED) is 0.603. The predicted molar refractivity (Wildman–Crippen MR) is 102 cm³/mol. The number of halogens is 1. The second-order valence-electron chi connectivity index (χ2n) is 5.51. The average molecular weight is 390 g/mol. The Morgan fingerprint density at radius 1 is 1.25 bits per heavy atom. The summed E-state index contributed by atoms with van der Waals surface area (Å²) in [4.78, 5) is 18.9. The predicted octanol–water partition coefficient (Wildman–Crippen LogP) is 3.81. The topological polar surface area (TPSA) is 53.9 Å². The molecular formula is C18H20BrN3O2. The zero-order valence-electron chi connectivity index (χ0n) is 13.9. The zero-order chi connectivity index (χ0) is 17.5. The Balaban J connectivity index is 1.80. The van der Waals surface area contributed by atoms with Gasteiger partial charge in [0.05, 0.1) is 6.21 Å². The second kappa shape index (κ2) is 8.49. The minimum absolute atomic E-state index is 0.138. The first-order valence-electron chi connectivity index (χ1n) is 7.44. The SMILES string of the molecule is Cc1cc(NC(=O)CO/N=C/c2ccc(N(C)C)cc2)ccc1Br. The van der Waals surface area contributed by atoms with Crippen molar-refractivity contribution in [1.82, 2.24) is 0 Å². The Hall–Kier alpha value is -2.34. The van der Waals surface area contributed by atoms with E-state index < -0.39 is 0 Å². The van der Waals surface area contributed by atoms with Crippen molar-refractivity contribution < 1.29 is 9.63 Å². The largest absolute Gasteiger partial charge is 0.386 e. The van der Waals surface area contributed by atoms with Gasteiger partial charge in [-0.05, 0) is 48.4 Å². The maximum absolute atomic E-state index is 11.8. The number of carbonyl (C=O) groups is 1. The van der Waals surface area contributed by atoms with Crippen molar-refractivity contribution in [2.45, 2.75) is 6.92 Å². The fourth-order valence-corrected chi connectivity index (χ4v) is 2.22. The van der Waals surface area contributed by atoms with E-state index in [1.807, 2.05) is 68.4 Å². The summed E-state index contributed by atoms with van der Waals surface area (Å²) < 4.78 is 1.00. The lowest BCUT2D eigenvalue weighted by atomic mass is 10.2. The maximum Gasteiger partial charge on any atom is 0.265 e. The second-order valence-corrected chi connectivity index (χ2v) is 6.36. The Morgan fingerprint density at radius 3 is 2.58 bits per heavy atom. The molecule has 0 aliphatic carbocycles. The number of hydrogen-bond donors (Lipinski definition) is 1. The molecule has 24 heavy (non-hydrogen) atoms. The summed E-state index contributed by atoms with van der Waals surface area (Å²) in [5, 5.41) is 6.59. The molecule has 0 saturated carbocycles. The normalized spacial score (nSPS) is 10.7. The van der Waals surface area contributed by atoms with Crippen molar-refractivity contribution in [3.63, 3.8) is 0 Å². The van der Waals surface area contributed by atoms with Crippen LogP contribution in [0.1, 0.15) is 11.1 Å². The zero-order valence-corrected chi connectivity index (χ0v) is 15.5. The standard InChI is InChI=1S/C18H20BrN3O2/c1-13-10-15(6-9-17(13)19)21-18(23)12-24-20-11-14-4-7-16(8-5-14)22(2)3/h4-11H,12H2,1-3H3,(H,21,23)/b20-11+. The number of oxime groups is 1. The van der Waals surface area contributed by atoms with Crippen molar-refractivity contribution in [2.75, 3.05) is 30.9 Å². The molecule has 1 amide bonds. The molecule has 2 aromatic rings. The van der Waals surface area contributed by atoms with E-state index in [-0.39, 0.29) is 12.5 Å². The Bertz CT molecular complexity index is 728. The number of anilines is 2. The van der Waals surface area contributed by atoms with Gasteiger partial charge in [0.25, 0.3) is 5.91 Å². The van der Waals surface area contributed by atoms with E-state index in [1.54, 1.807) is 6.21 Å². The third-order valence-corrected chi connectivity index (χ3v) is 4.21. The number of benzene rings is 2. The summed E-state index contributed by atoms with van der Waals surface area (Å²) in [5.74, 6) is -0.253. The maximum atomic E-state index is 11.8. The van der Waals surface area contributed by atoms with Crippen LogP contribution in [0.25, 0.3) is 0 Å². The number of nitrogens with zero attached hydrogens (tertiary/aromatic N) is 2. The summed E-state index contributed by atoms with van der Waals surface area (Å²) in [6, 6.07) is 13.5. The molecule has 0 spiro atoms. The molecule has 5 nitrogen and oxygen atoms in total. The summed E-state index contributed by atoms with van der Waals surface area (Å²) >= 11 is 3.42. The fraction of sp³-hybridized carbons (Fsp3) is 0.222. The van der Waals surface area contributed by atoms with Gasteiger partial charge in [-0.15, -0.1) is 0 Å². The molecule has 0 saturated heterocycles. The molecule has 0 unspecified atom stereocenters. The molecule has 1 N–H and O–H groups in total. The lowest BCUT2D eigenvalue weighted by Gasteiger charge is -2.11. The highest BCUT2D eigenvalue weighted by molar-refractivity contribution is 9.10. The lowest BCUT2D eigenvalue weighted by Crippen LogP contribution is -2.17. The van der Waals surface area contributed by atoms with Crippen LogP contribution < -0.4 is 10.2 Å². The summed E-state index contributed by atoms with van der Waals surface area (Å²) in [5.41, 5.74) is 3.79. The Morgan fingerprint density at radius 2 is 1.96 bits per heavy atom. The van der Waals surface area contributed by atoms with E-state index in [0.717, 1.165) is 27.0 Å². The average Bonchev–Trinajstić information content (AvgIpc) is 2.55. The fourth-order valence-electron chi connectivity index (χ4n) is 1.97. The highest BCUT2D eigenvalue weighted by Gasteiger charge is 2.04. The molecule has 0 aliphatic heterocycles. The van der Waals surface area contributed by atoms with E-state index in [9.17, 15) is 4.79 Å². The van der Waals surface area contributed by atoms with Gasteiger partial charge in [0.1, 0.15) is 0 Å². The molecule has 2 aromatic carbocycles. The number of aryl methyl sites for hydroxylation is 1. The highest BCUT2D eigenvalue weighted by Crippen LogP contribution is 2.19. The van der Waals surface area contributed by atoms with E-state index in [2.05, 4.69) is 26.4 Å². The van der Waals surface area contributed by atoms with Crippen LogP contribution in [-0.4, -0.2) is 32.8 Å². The minimum atomic E-state index is -0.253. The van der Waals surface area contributed by atoms with Gasteiger partial charge < -0.3 is 15.1 Å². The van der Waals surface area contributed by atoms with E-state index in [0.29, 0.717) is 0 Å². The minimum Gasteiger partial charge on any atom is -0.386 e. The van der Waals surface area contributed by atoms with Crippen LogP contribution in [0.4, 0.5) is 11.4 Å². The summed E-state index contributed by atoms with van der Waals surface area (Å²) in [6.07, 6.45) is 1.58. The van der Waals surface area contributed by atoms with Gasteiger partial charge in [-0.3, -0.25) is 4.79 Å². The Labute approximate surface area is 150 Å². The molecule has 6 heteroatoms. The van der Waals surface area contributed by atoms with Crippen LogP contribution in [0.2, 0.25) is 0 Å². The first-order chi connectivity index (χ1) is 11.5. The molecule has 0 fully saturated rings. The van der Waals surface area contributed by atoms with Crippen molar-refractivity contribution in [1.29, 1.82) is 0 Å². The summed E-state index contributed by atoms with van der Waals surface area (Å²) in [6.45, 7) is 1.82. The third kappa shape index (κ3) is 5.38. The Kier molecular flexibility index (Phi) is 6.37. The van der Waals surface area contributed by atoms with Crippen LogP contribution in [0.15, 0.2) is 52.1 Å². The lowest BCUT2D eigenvalue weighted by molar-refractivity contribution is -0.120. The van der Waals surface area contributed by atoms with Crippen LogP contribution >= 0.6 is 15.9 Å². The van der Waals surface area contributed by atoms with E-state index >= 15 is 0 Å². The molecule has 0 aromatic heterocycles. The molecule has 0 bridgehead atoms. The van der Waals surface area contributed by atoms with E-state index in [4.69, 9.17) is 4.84 Å². The van der Waals surface area contributed by atoms with Gasteiger partial charge in [0.2, 0.25) is 0 Å². The van der Waals surface area contributed by atoms with Crippen LogP contribution in [-0.2, 0) is 9.63 Å². The van der Waals surface area contributed by atoms with Gasteiger partial charge >= 0.3 is 0 Å². The molecule has 0 radical (unpaired) electrons. The van der Waals surface area contributed by atoms with Crippen molar-refractivity contribution >= 4 is 39.4 Å². The first-order valence-corrected chi connectivity index (χ1v) is 8.24. The molecule has 2 rings (SSSR count). The van der Waals surface area contributed by atoms with Crippen LogP contribution in [0.3, 0.4) is 0 Å². The molecule has 0 atom stereocenters. The highest BCUT2D eigenvalue weighted by atomic mass is 79.9. The molecular weight excluding hydrogens is 370 g/mol. The van der Waals surface area contributed by atoms with Gasteiger partial charge in [-0.2, -0.15) is 0 Å². The smallest absolute Gasteiger partial charge is 0.265 e. The van der Waals surface area contributed by atoms with Crippen LogP contribution in [0.5, 0.6) is 0 Å². The number of rotatable bonds is 6. The van der Waals surface area contributed by atoms with Crippen molar-refractivity contribution in [2.24, 2.45) is 5.16 Å². The van der Waals surface area contributed by atoms with Crippen molar-refractivity contribution in [3.8, 4) is 0 Å². The molecule has 0 aliphatic rings. The number of amides is 1. The molecule has 0 heterocycles. The number of carbonyl (C=O) groups excluding carboxylic acids is 1. The molecule has 126 valence electrons. The number of hydrogen-bond acceptors (Lipinski definition) is 4. The van der Waals surface area contributed by atoms with Gasteiger partial charge in [-0.1, -0.05) is 33.2 Å². The van der Waals surface area contributed by atoms with Gasteiger partial charge in [-0.25, -0.2) is 0 Å². The first kappa shape index (κ1) is 18.0. The van der Waals surface area contributed by atoms with Gasteiger partial charge in [0.15, 0.2) is 6.61 Å². The number of nitrogens with one attached hydrogen (secondary N) is 1. The summed E-state index contributed by atoms with van der Waals surface area (Å²) in [7, 11) is 3.97. The van der Waals surface area contributed by atoms with Crippen LogP contribution in [0, 0.1) is 6.92 Å².